The van der Waals surface area contributed by atoms with Gasteiger partial charge in [-0.25, -0.2) is 0 Å². The lowest BCUT2D eigenvalue weighted by Gasteiger charge is -2.55. The van der Waals surface area contributed by atoms with Gasteiger partial charge in [-0.3, -0.25) is 34.9 Å². The number of nitrogens with one attached hydrogen (secondary N) is 2. The summed E-state index contributed by atoms with van der Waals surface area (Å²) in [6.45, 7) is 4.89. The predicted molar refractivity (Wildman–Crippen MR) is 114 cm³/mol. The number of fused-ring (bicyclic) bond motifs is 2. The number of imide groups is 1. The topological polar surface area (TPSA) is 105 Å². The Morgan fingerprint density at radius 1 is 1.03 bits per heavy atom. The second kappa shape index (κ2) is 7.98. The molecular formula is C21H25Cl2N3O5. The van der Waals surface area contributed by atoms with E-state index in [1.807, 2.05) is 0 Å². The molecule has 2 bridgehead atoms. The van der Waals surface area contributed by atoms with E-state index in [2.05, 4.69) is 10.9 Å². The van der Waals surface area contributed by atoms with Crippen LogP contribution in [0, 0.1) is 16.2 Å². The molecule has 1 aromatic carbocycles. The molecule has 2 aliphatic rings. The number of ether oxygens (including phenoxy) is 1. The summed E-state index contributed by atoms with van der Waals surface area (Å²) in [5, 5.41) is 0.691. The smallest absolute Gasteiger partial charge is 0.276 e. The maximum Gasteiger partial charge on any atom is 0.276 e. The predicted octanol–water partition coefficient (Wildman–Crippen LogP) is 2.72. The number of amides is 4. The summed E-state index contributed by atoms with van der Waals surface area (Å²) in [6, 6.07) is 4.59. The van der Waals surface area contributed by atoms with E-state index in [0.717, 1.165) is 0 Å². The molecule has 2 N–H and O–H groups in total. The van der Waals surface area contributed by atoms with Gasteiger partial charge in [0.05, 0.1) is 10.4 Å². The molecule has 8 nitrogen and oxygen atoms in total. The lowest BCUT2D eigenvalue weighted by molar-refractivity contribution is -0.178. The van der Waals surface area contributed by atoms with E-state index in [0.29, 0.717) is 11.4 Å². The van der Waals surface area contributed by atoms with Gasteiger partial charge < -0.3 is 4.74 Å². The molecule has 31 heavy (non-hydrogen) atoms. The number of rotatable bonds is 4. The highest BCUT2D eigenvalue weighted by Gasteiger charge is 2.62. The third-order valence-corrected chi connectivity index (χ3v) is 6.63. The number of piperidine rings is 1. The van der Waals surface area contributed by atoms with Gasteiger partial charge in [0.1, 0.15) is 5.75 Å². The van der Waals surface area contributed by atoms with Crippen LogP contribution >= 0.6 is 23.2 Å². The number of likely N-dealkylation sites (tertiary alicyclic amines) is 1. The van der Waals surface area contributed by atoms with Crippen molar-refractivity contribution >= 4 is 46.8 Å². The normalized spacial score (nSPS) is 30.1. The van der Waals surface area contributed by atoms with Crippen LogP contribution in [0.3, 0.4) is 0 Å². The Kier molecular flexibility index (Phi) is 6.01. The lowest BCUT2D eigenvalue weighted by Crippen LogP contribution is -2.64. The van der Waals surface area contributed by atoms with Crippen molar-refractivity contribution in [3.63, 3.8) is 0 Å². The maximum atomic E-state index is 13.0. The Bertz CT molecular complexity index is 938. The maximum absolute atomic E-state index is 13.0. The molecule has 1 aromatic rings. The fourth-order valence-electron chi connectivity index (χ4n) is 5.18. The minimum Gasteiger partial charge on any atom is -0.482 e. The van der Waals surface area contributed by atoms with Gasteiger partial charge in [-0.15, -0.1) is 0 Å². The zero-order chi connectivity index (χ0) is 23.2. The highest BCUT2D eigenvalue weighted by molar-refractivity contribution is 6.35. The van der Waals surface area contributed by atoms with E-state index in [1.54, 1.807) is 26.8 Å². The number of carbonyl (C=O) groups excluding carboxylic acids is 4. The van der Waals surface area contributed by atoms with E-state index >= 15 is 0 Å². The first-order valence-corrected chi connectivity index (χ1v) is 10.6. The molecular weight excluding hydrogens is 445 g/mol. The van der Waals surface area contributed by atoms with Crippen molar-refractivity contribution in [2.45, 2.75) is 40.0 Å². The molecule has 1 aliphatic heterocycles. The number of hydrogen-bond donors (Lipinski definition) is 2. The van der Waals surface area contributed by atoms with E-state index in [9.17, 15) is 19.2 Å². The first kappa shape index (κ1) is 23.3. The van der Waals surface area contributed by atoms with Gasteiger partial charge >= 0.3 is 0 Å². The molecule has 1 aliphatic carbocycles. The van der Waals surface area contributed by atoms with Crippen LogP contribution in [0.2, 0.25) is 10.0 Å². The number of carbonyl (C=O) groups is 4. The number of halogens is 2. The van der Waals surface area contributed by atoms with Gasteiger partial charge in [-0.2, -0.15) is 0 Å². The zero-order valence-electron chi connectivity index (χ0n) is 17.8. The van der Waals surface area contributed by atoms with Crippen molar-refractivity contribution in [2.24, 2.45) is 16.2 Å². The molecule has 0 radical (unpaired) electrons. The van der Waals surface area contributed by atoms with Crippen molar-refractivity contribution in [3.05, 3.63) is 28.2 Å². The Hall–Kier alpha value is -2.32. The van der Waals surface area contributed by atoms with Crippen LogP contribution in [-0.2, 0) is 19.2 Å². The second-order valence-corrected chi connectivity index (χ2v) is 10.1. The first-order valence-electron chi connectivity index (χ1n) is 9.79. The average molecular weight is 470 g/mol. The van der Waals surface area contributed by atoms with Crippen molar-refractivity contribution in [2.75, 3.05) is 13.7 Å². The molecule has 4 amide bonds. The van der Waals surface area contributed by atoms with Crippen molar-refractivity contribution < 1.29 is 23.9 Å². The van der Waals surface area contributed by atoms with Gasteiger partial charge in [0.2, 0.25) is 17.7 Å². The standard InChI is InChI=1S/C21H25Cl2N3O5/c1-19(9-20(2)11-21(3,10-19)18(30)26(4)17(20)29)16(28)25-24-15(27)8-31-14-6-5-12(22)7-13(14)23/h5-7H,8-11H2,1-4H3,(H,24,27)(H,25,28). The molecule has 0 spiro atoms. The third kappa shape index (κ3) is 4.36. The van der Waals surface area contributed by atoms with Gasteiger partial charge in [0.25, 0.3) is 5.91 Å². The van der Waals surface area contributed by atoms with Crippen LogP contribution in [0.4, 0.5) is 0 Å². The van der Waals surface area contributed by atoms with E-state index in [-0.39, 0.29) is 42.0 Å². The van der Waals surface area contributed by atoms with Crippen molar-refractivity contribution in [1.82, 2.24) is 15.8 Å². The first-order chi connectivity index (χ1) is 14.3. The summed E-state index contributed by atoms with van der Waals surface area (Å²) < 4.78 is 5.34. The van der Waals surface area contributed by atoms with Crippen LogP contribution in [0.5, 0.6) is 5.75 Å². The zero-order valence-corrected chi connectivity index (χ0v) is 19.3. The van der Waals surface area contributed by atoms with Gasteiger partial charge in [-0.1, -0.05) is 44.0 Å². The van der Waals surface area contributed by atoms with Crippen LogP contribution in [0.25, 0.3) is 0 Å². The summed E-state index contributed by atoms with van der Waals surface area (Å²) >= 11 is 11.8. The van der Waals surface area contributed by atoms with E-state index < -0.39 is 28.1 Å². The van der Waals surface area contributed by atoms with Crippen LogP contribution < -0.4 is 15.6 Å². The second-order valence-electron chi connectivity index (χ2n) is 9.25. The fraction of sp³-hybridized carbons (Fsp3) is 0.524. The molecule has 3 rings (SSSR count). The highest BCUT2D eigenvalue weighted by Crippen LogP contribution is 2.58. The molecule has 2 atom stereocenters. The van der Waals surface area contributed by atoms with Crippen LogP contribution in [-0.4, -0.2) is 42.2 Å². The summed E-state index contributed by atoms with van der Waals surface area (Å²) in [4.78, 5) is 51.7. The molecule has 0 aromatic heterocycles. The summed E-state index contributed by atoms with van der Waals surface area (Å²) in [6.07, 6.45) is 0.933. The Morgan fingerprint density at radius 3 is 2.16 bits per heavy atom. The molecule has 1 saturated carbocycles. The molecule has 1 saturated heterocycles. The Balaban J connectivity index is 1.63. The van der Waals surface area contributed by atoms with E-state index in [4.69, 9.17) is 27.9 Å². The van der Waals surface area contributed by atoms with Crippen molar-refractivity contribution in [3.8, 4) is 5.75 Å². The molecule has 168 valence electrons. The molecule has 1 heterocycles. The Morgan fingerprint density at radius 2 is 1.61 bits per heavy atom. The van der Waals surface area contributed by atoms with E-state index in [1.165, 1.54) is 24.1 Å². The minimum absolute atomic E-state index is 0.256. The van der Waals surface area contributed by atoms with Crippen LogP contribution in [0.15, 0.2) is 18.2 Å². The summed E-state index contributed by atoms with van der Waals surface area (Å²) in [7, 11) is 1.48. The summed E-state index contributed by atoms with van der Waals surface area (Å²) in [5.74, 6) is -1.35. The molecule has 2 fully saturated rings. The monoisotopic (exact) mass is 469 g/mol. The number of hydrazine groups is 1. The number of hydrogen-bond acceptors (Lipinski definition) is 5. The van der Waals surface area contributed by atoms with Crippen LogP contribution in [0.1, 0.15) is 40.0 Å². The van der Waals surface area contributed by atoms with Gasteiger partial charge in [0.15, 0.2) is 6.61 Å². The average Bonchev–Trinajstić information content (AvgIpc) is 2.67. The van der Waals surface area contributed by atoms with Gasteiger partial charge in [-0.05, 0) is 37.5 Å². The molecule has 2 unspecified atom stereocenters. The fourth-order valence-corrected chi connectivity index (χ4v) is 5.65. The minimum atomic E-state index is -1.01. The number of nitrogens with zero attached hydrogens (tertiary/aromatic N) is 1. The summed E-state index contributed by atoms with van der Waals surface area (Å²) in [5.41, 5.74) is 2.05. The lowest BCUT2D eigenvalue weighted by atomic mass is 9.51. The molecule has 10 heteroatoms. The van der Waals surface area contributed by atoms with Gasteiger partial charge in [0, 0.05) is 22.9 Å². The third-order valence-electron chi connectivity index (χ3n) is 6.10. The quantitative estimate of drug-likeness (QED) is 0.520. The SMILES string of the molecule is CN1C(=O)C2(C)CC(C)(C(=O)NNC(=O)COc3ccc(Cl)cc3Cl)CC(C)(C2)C1=O. The Labute approximate surface area is 190 Å². The van der Waals surface area contributed by atoms with Crippen molar-refractivity contribution in [1.29, 1.82) is 0 Å². The largest absolute Gasteiger partial charge is 0.482 e. The number of benzene rings is 1. The highest BCUT2D eigenvalue weighted by atomic mass is 35.5.